The summed E-state index contributed by atoms with van der Waals surface area (Å²) in [6.07, 6.45) is 0.733. The molecule has 1 amide bonds. The van der Waals surface area contributed by atoms with Gasteiger partial charge in [-0.05, 0) is 48.4 Å². The van der Waals surface area contributed by atoms with Crippen molar-refractivity contribution in [3.05, 3.63) is 65.0 Å². The smallest absolute Gasteiger partial charge is 0.258 e. The molecule has 0 atom stereocenters. The van der Waals surface area contributed by atoms with Gasteiger partial charge in [0, 0.05) is 12.1 Å². The fourth-order valence-corrected chi connectivity index (χ4v) is 1.79. The number of hydrogen-bond acceptors (Lipinski definition) is 3. The van der Waals surface area contributed by atoms with Crippen molar-refractivity contribution < 1.29 is 18.7 Å². The van der Waals surface area contributed by atoms with Crippen molar-refractivity contribution in [2.75, 3.05) is 6.61 Å². The number of ether oxygens (including phenoxy) is 1. The number of nitrogens with one attached hydrogen (secondary N) is 1. The van der Waals surface area contributed by atoms with E-state index in [0.29, 0.717) is 22.4 Å². The van der Waals surface area contributed by atoms with Crippen molar-refractivity contribution in [3.8, 4) is 5.75 Å². The molecule has 0 bridgehead atoms. The maximum Gasteiger partial charge on any atom is 0.258 e. The Morgan fingerprint density at radius 2 is 1.95 bits per heavy atom. The molecule has 0 aliphatic heterocycles. The average Bonchev–Trinajstić information content (AvgIpc) is 2.54. The van der Waals surface area contributed by atoms with Crippen molar-refractivity contribution >= 4 is 12.2 Å². The molecule has 0 aliphatic carbocycles. The topological polar surface area (TPSA) is 55.4 Å². The van der Waals surface area contributed by atoms with Gasteiger partial charge >= 0.3 is 0 Å². The first-order valence-corrected chi connectivity index (χ1v) is 6.78. The Morgan fingerprint density at radius 3 is 2.59 bits per heavy atom. The zero-order valence-corrected chi connectivity index (χ0v) is 12.1. The molecule has 1 N–H and O–H groups in total. The predicted molar refractivity (Wildman–Crippen MR) is 80.3 cm³/mol. The largest absolute Gasteiger partial charge is 0.484 e. The number of amides is 1. The van der Waals surface area contributed by atoms with Gasteiger partial charge in [0.1, 0.15) is 17.9 Å². The van der Waals surface area contributed by atoms with Crippen molar-refractivity contribution in [1.82, 2.24) is 5.32 Å². The summed E-state index contributed by atoms with van der Waals surface area (Å²) in [6.45, 7) is 1.78. The molecule has 2 aromatic carbocycles. The highest BCUT2D eigenvalue weighted by Gasteiger charge is 2.04. The van der Waals surface area contributed by atoms with Crippen LogP contribution in [0.25, 0.3) is 0 Å². The van der Waals surface area contributed by atoms with Crippen LogP contribution in [0.5, 0.6) is 5.75 Å². The van der Waals surface area contributed by atoms with E-state index in [4.69, 9.17) is 4.74 Å². The van der Waals surface area contributed by atoms with Gasteiger partial charge in [0.25, 0.3) is 5.91 Å². The molecule has 22 heavy (non-hydrogen) atoms. The van der Waals surface area contributed by atoms with E-state index in [1.165, 1.54) is 6.07 Å². The van der Waals surface area contributed by atoms with Gasteiger partial charge in [-0.25, -0.2) is 4.39 Å². The van der Waals surface area contributed by atoms with Crippen LogP contribution in [0.1, 0.15) is 21.5 Å². The van der Waals surface area contributed by atoms with Crippen molar-refractivity contribution in [3.63, 3.8) is 0 Å². The Balaban J connectivity index is 1.79. The molecular formula is C17H16FNO3. The highest BCUT2D eigenvalue weighted by Crippen LogP contribution is 2.11. The number of aldehydes is 1. The summed E-state index contributed by atoms with van der Waals surface area (Å²) >= 11 is 0. The Morgan fingerprint density at radius 1 is 1.23 bits per heavy atom. The monoisotopic (exact) mass is 301 g/mol. The number of hydrogen-bond donors (Lipinski definition) is 1. The lowest BCUT2D eigenvalue weighted by atomic mass is 10.1. The highest BCUT2D eigenvalue weighted by atomic mass is 19.1. The SMILES string of the molecule is Cc1ccc(CNC(=O)COc2ccc(C=O)cc2)cc1F. The first kappa shape index (κ1) is 15.7. The van der Waals surface area contributed by atoms with E-state index in [1.54, 1.807) is 43.3 Å². The van der Waals surface area contributed by atoms with E-state index >= 15 is 0 Å². The summed E-state index contributed by atoms with van der Waals surface area (Å²) in [5.74, 6) is -0.0964. The average molecular weight is 301 g/mol. The maximum absolute atomic E-state index is 13.4. The molecule has 0 heterocycles. The zero-order valence-electron chi connectivity index (χ0n) is 12.1. The van der Waals surface area contributed by atoms with Crippen molar-refractivity contribution in [1.29, 1.82) is 0 Å². The quantitative estimate of drug-likeness (QED) is 0.835. The molecule has 0 aromatic heterocycles. The molecule has 5 heteroatoms. The fourth-order valence-electron chi connectivity index (χ4n) is 1.79. The van der Waals surface area contributed by atoms with E-state index in [-0.39, 0.29) is 24.9 Å². The van der Waals surface area contributed by atoms with Gasteiger partial charge in [-0.2, -0.15) is 0 Å². The van der Waals surface area contributed by atoms with Crippen LogP contribution in [-0.2, 0) is 11.3 Å². The van der Waals surface area contributed by atoms with Crippen LogP contribution in [0, 0.1) is 12.7 Å². The van der Waals surface area contributed by atoms with Gasteiger partial charge in [0.05, 0.1) is 0 Å². The summed E-state index contributed by atoms with van der Waals surface area (Å²) in [5, 5.41) is 2.65. The Labute approximate surface area is 127 Å². The molecule has 114 valence electrons. The summed E-state index contributed by atoms with van der Waals surface area (Å²) < 4.78 is 18.7. The second kappa shape index (κ2) is 7.36. The number of carbonyl (C=O) groups excluding carboxylic acids is 2. The second-order valence-corrected chi connectivity index (χ2v) is 4.84. The van der Waals surface area contributed by atoms with Crippen LogP contribution in [0.4, 0.5) is 4.39 Å². The summed E-state index contributed by atoms with van der Waals surface area (Å²) in [7, 11) is 0. The van der Waals surface area contributed by atoms with E-state index < -0.39 is 0 Å². The zero-order chi connectivity index (χ0) is 15.9. The predicted octanol–water partition coefficient (Wildman–Crippen LogP) is 2.64. The molecule has 0 saturated carbocycles. The standard InChI is InChI=1S/C17H16FNO3/c1-12-2-3-14(8-16(12)18)9-19-17(21)11-22-15-6-4-13(10-20)5-7-15/h2-8,10H,9,11H2,1H3,(H,19,21). The minimum Gasteiger partial charge on any atom is -0.484 e. The number of aryl methyl sites for hydroxylation is 1. The van der Waals surface area contributed by atoms with Gasteiger partial charge in [0.15, 0.2) is 6.61 Å². The number of rotatable bonds is 6. The lowest BCUT2D eigenvalue weighted by molar-refractivity contribution is -0.123. The third kappa shape index (κ3) is 4.41. The minimum absolute atomic E-state index is 0.144. The minimum atomic E-state index is -0.305. The number of halogens is 1. The Hall–Kier alpha value is -2.69. The van der Waals surface area contributed by atoms with Crippen LogP contribution in [0.15, 0.2) is 42.5 Å². The number of benzene rings is 2. The van der Waals surface area contributed by atoms with Crippen LogP contribution >= 0.6 is 0 Å². The summed E-state index contributed by atoms with van der Waals surface area (Å²) in [6, 6.07) is 11.3. The van der Waals surface area contributed by atoms with Gasteiger partial charge in [-0.15, -0.1) is 0 Å². The number of carbonyl (C=O) groups is 2. The van der Waals surface area contributed by atoms with Crippen LogP contribution in [-0.4, -0.2) is 18.8 Å². The van der Waals surface area contributed by atoms with E-state index in [2.05, 4.69) is 5.32 Å². The lowest BCUT2D eigenvalue weighted by Crippen LogP contribution is -2.28. The van der Waals surface area contributed by atoms with E-state index in [9.17, 15) is 14.0 Å². The van der Waals surface area contributed by atoms with Gasteiger partial charge in [-0.1, -0.05) is 12.1 Å². The molecule has 2 rings (SSSR count). The third-order valence-electron chi connectivity index (χ3n) is 3.11. The van der Waals surface area contributed by atoms with Crippen LogP contribution in [0.2, 0.25) is 0 Å². The molecule has 0 aliphatic rings. The molecule has 0 fully saturated rings. The second-order valence-electron chi connectivity index (χ2n) is 4.84. The molecule has 0 spiro atoms. The van der Waals surface area contributed by atoms with Crippen LogP contribution in [0.3, 0.4) is 0 Å². The van der Waals surface area contributed by atoms with Crippen molar-refractivity contribution in [2.45, 2.75) is 13.5 Å². The fraction of sp³-hybridized carbons (Fsp3) is 0.176. The van der Waals surface area contributed by atoms with Gasteiger partial charge in [0.2, 0.25) is 0 Å². The third-order valence-corrected chi connectivity index (χ3v) is 3.11. The first-order valence-electron chi connectivity index (χ1n) is 6.78. The van der Waals surface area contributed by atoms with E-state index in [0.717, 1.165) is 6.29 Å². The molecule has 0 radical (unpaired) electrons. The summed E-state index contributed by atoms with van der Waals surface area (Å²) in [4.78, 5) is 22.2. The Kier molecular flexibility index (Phi) is 5.25. The molecular weight excluding hydrogens is 285 g/mol. The molecule has 0 unspecified atom stereocenters. The van der Waals surface area contributed by atoms with Crippen molar-refractivity contribution in [2.24, 2.45) is 0 Å². The normalized spacial score (nSPS) is 10.1. The molecule has 2 aromatic rings. The van der Waals surface area contributed by atoms with Gasteiger partial charge < -0.3 is 10.1 Å². The van der Waals surface area contributed by atoms with Crippen LogP contribution < -0.4 is 10.1 Å². The highest BCUT2D eigenvalue weighted by molar-refractivity contribution is 5.77. The first-order chi connectivity index (χ1) is 10.6. The molecule has 0 saturated heterocycles. The lowest BCUT2D eigenvalue weighted by Gasteiger charge is -2.08. The Bertz CT molecular complexity index is 668. The van der Waals surface area contributed by atoms with E-state index in [1.807, 2.05) is 0 Å². The maximum atomic E-state index is 13.4. The summed E-state index contributed by atoms with van der Waals surface area (Å²) in [5.41, 5.74) is 1.79. The van der Waals surface area contributed by atoms with Gasteiger partial charge in [-0.3, -0.25) is 9.59 Å². The molecule has 4 nitrogen and oxygen atoms in total.